The molecule has 2 rings (SSSR count). The number of hydrogen-bond donors (Lipinski definition) is 2. The zero-order valence-electron chi connectivity index (χ0n) is 10.3. The fourth-order valence-electron chi connectivity index (χ4n) is 1.64. The lowest BCUT2D eigenvalue weighted by Crippen LogP contribution is -2.12. The Balaban J connectivity index is 2.30. The second kappa shape index (κ2) is 5.68. The van der Waals surface area contributed by atoms with Crippen LogP contribution in [-0.4, -0.2) is 28.3 Å². The van der Waals surface area contributed by atoms with Gasteiger partial charge in [-0.2, -0.15) is 0 Å². The number of nitrogens with one attached hydrogen (secondary N) is 1. The van der Waals surface area contributed by atoms with Crippen molar-refractivity contribution in [3.63, 3.8) is 0 Å². The number of anilines is 1. The summed E-state index contributed by atoms with van der Waals surface area (Å²) in [5.41, 5.74) is 2.01. The van der Waals surface area contributed by atoms with Crippen molar-refractivity contribution >= 4 is 26.5 Å². The molecule has 0 spiro atoms. The Morgan fingerprint density at radius 1 is 1.53 bits per heavy atom. The van der Waals surface area contributed by atoms with Crippen molar-refractivity contribution in [3.8, 4) is 0 Å². The summed E-state index contributed by atoms with van der Waals surface area (Å²) < 4.78 is 28.3. The van der Waals surface area contributed by atoms with Crippen molar-refractivity contribution in [3.05, 3.63) is 23.5 Å². The lowest BCUT2D eigenvalue weighted by atomic mass is 10.4. The molecule has 2 aromatic heterocycles. The van der Waals surface area contributed by atoms with Crippen molar-refractivity contribution in [1.29, 1.82) is 0 Å². The van der Waals surface area contributed by atoms with E-state index in [-0.39, 0.29) is 16.6 Å². The summed E-state index contributed by atoms with van der Waals surface area (Å²) in [5.74, 6) is 0. The van der Waals surface area contributed by atoms with Gasteiger partial charge in [-0.15, -0.1) is 10.2 Å². The molecule has 0 aliphatic heterocycles. The largest absolute Gasteiger partial charge is 0.390 e. The number of rotatable bonds is 6. The Morgan fingerprint density at radius 3 is 2.89 bits per heavy atom. The molecule has 0 saturated heterocycles. The van der Waals surface area contributed by atoms with E-state index in [0.29, 0.717) is 12.2 Å². The predicted molar refractivity (Wildman–Crippen MR) is 71.4 cm³/mol. The van der Waals surface area contributed by atoms with Crippen LogP contribution in [0.4, 0.5) is 5.13 Å². The van der Waals surface area contributed by atoms with Gasteiger partial charge in [0.25, 0.3) is 10.0 Å². The van der Waals surface area contributed by atoms with Gasteiger partial charge in [0.15, 0.2) is 0 Å². The Morgan fingerprint density at radius 2 is 2.32 bits per heavy atom. The van der Waals surface area contributed by atoms with Crippen molar-refractivity contribution in [2.24, 2.45) is 0 Å². The smallest absolute Gasteiger partial charge is 0.265 e. The first-order chi connectivity index (χ1) is 9.06. The highest BCUT2D eigenvalue weighted by molar-refractivity contribution is 7.93. The molecule has 2 heterocycles. The van der Waals surface area contributed by atoms with Gasteiger partial charge >= 0.3 is 0 Å². The average molecular weight is 302 g/mol. The maximum atomic E-state index is 12.1. The van der Waals surface area contributed by atoms with E-state index in [1.165, 1.54) is 17.8 Å². The first kappa shape index (κ1) is 14.0. The lowest BCUT2D eigenvalue weighted by Gasteiger charge is -2.03. The summed E-state index contributed by atoms with van der Waals surface area (Å²) in [5, 5.41) is 16.6. The molecule has 0 fully saturated rings. The van der Waals surface area contributed by atoms with Crippen LogP contribution in [0.1, 0.15) is 19.0 Å². The average Bonchev–Trinajstić information content (AvgIpc) is 2.98. The van der Waals surface area contributed by atoms with Gasteiger partial charge in [0, 0.05) is 18.4 Å². The van der Waals surface area contributed by atoms with E-state index in [1.807, 2.05) is 6.92 Å². The summed E-state index contributed by atoms with van der Waals surface area (Å²) in [6.07, 6.45) is 2.36. The Kier molecular flexibility index (Phi) is 4.17. The fourth-order valence-corrected chi connectivity index (χ4v) is 3.40. The maximum Gasteiger partial charge on any atom is 0.265 e. The molecule has 0 aliphatic carbocycles. The second-order valence-corrected chi connectivity index (χ2v) is 6.38. The summed E-state index contributed by atoms with van der Waals surface area (Å²) >= 11 is 1.10. The van der Waals surface area contributed by atoms with E-state index in [0.717, 1.165) is 17.8 Å². The predicted octanol–water partition coefficient (Wildman–Crippen LogP) is 1.04. The quantitative estimate of drug-likeness (QED) is 0.831. The summed E-state index contributed by atoms with van der Waals surface area (Å²) in [4.78, 5) is 0.111. The zero-order chi connectivity index (χ0) is 13.9. The minimum Gasteiger partial charge on any atom is -0.390 e. The van der Waals surface area contributed by atoms with Gasteiger partial charge < -0.3 is 9.67 Å². The highest BCUT2D eigenvalue weighted by atomic mass is 32.2. The molecule has 0 aliphatic rings. The van der Waals surface area contributed by atoms with Gasteiger partial charge in [-0.3, -0.25) is 4.72 Å². The third-order valence-corrected chi connectivity index (χ3v) is 4.52. The molecule has 104 valence electrons. The SMILES string of the molecule is CCCn1cc(S(=O)(=O)Nc2nncs2)cc1CO. The molecule has 0 atom stereocenters. The molecular weight excluding hydrogens is 288 g/mol. The highest BCUT2D eigenvalue weighted by Gasteiger charge is 2.19. The van der Waals surface area contributed by atoms with Crippen molar-refractivity contribution in [2.45, 2.75) is 31.4 Å². The zero-order valence-corrected chi connectivity index (χ0v) is 11.9. The highest BCUT2D eigenvalue weighted by Crippen LogP contribution is 2.19. The summed E-state index contributed by atoms with van der Waals surface area (Å²) in [7, 11) is -3.69. The van der Waals surface area contributed by atoms with Crippen molar-refractivity contribution in [2.75, 3.05) is 4.72 Å². The molecule has 7 nitrogen and oxygen atoms in total. The number of nitrogens with zero attached hydrogens (tertiary/aromatic N) is 3. The first-order valence-corrected chi connectivity index (χ1v) is 8.02. The molecule has 2 N–H and O–H groups in total. The Bertz CT molecular complexity index is 634. The molecule has 0 unspecified atom stereocenters. The van der Waals surface area contributed by atoms with E-state index in [1.54, 1.807) is 4.57 Å². The van der Waals surface area contributed by atoms with Crippen molar-refractivity contribution < 1.29 is 13.5 Å². The van der Waals surface area contributed by atoms with E-state index < -0.39 is 10.0 Å². The number of aryl methyl sites for hydroxylation is 1. The molecule has 0 bridgehead atoms. The number of aliphatic hydroxyl groups excluding tert-OH is 1. The van der Waals surface area contributed by atoms with Crippen LogP contribution < -0.4 is 4.72 Å². The third kappa shape index (κ3) is 3.11. The monoisotopic (exact) mass is 302 g/mol. The number of sulfonamides is 1. The second-order valence-electron chi connectivity index (χ2n) is 3.87. The minimum absolute atomic E-state index is 0.111. The first-order valence-electron chi connectivity index (χ1n) is 5.65. The molecular formula is C10H14N4O3S2. The third-order valence-electron chi connectivity index (χ3n) is 2.48. The summed E-state index contributed by atoms with van der Waals surface area (Å²) in [6.45, 7) is 2.44. The molecule has 0 saturated carbocycles. The van der Waals surface area contributed by atoms with Crippen LogP contribution in [0.15, 0.2) is 22.7 Å². The standard InChI is InChI=1S/C10H14N4O3S2/c1-2-3-14-5-9(4-8(14)6-15)19(16,17)13-10-12-11-7-18-10/h4-5,7,15H,2-3,6H2,1H3,(H,12,13). The van der Waals surface area contributed by atoms with Crippen LogP contribution in [0.3, 0.4) is 0 Å². The molecule has 0 aromatic carbocycles. The van der Waals surface area contributed by atoms with Crippen molar-refractivity contribution in [1.82, 2.24) is 14.8 Å². The van der Waals surface area contributed by atoms with Gasteiger partial charge in [-0.1, -0.05) is 18.3 Å². The van der Waals surface area contributed by atoms with E-state index in [4.69, 9.17) is 0 Å². The molecule has 9 heteroatoms. The molecule has 0 amide bonds. The van der Waals surface area contributed by atoms with Crippen LogP contribution in [0.25, 0.3) is 0 Å². The maximum absolute atomic E-state index is 12.1. The number of aromatic nitrogens is 3. The number of hydrogen-bond acceptors (Lipinski definition) is 6. The van der Waals surface area contributed by atoms with Gasteiger partial charge in [-0.05, 0) is 12.5 Å². The van der Waals surface area contributed by atoms with Crippen LogP contribution in [0.5, 0.6) is 0 Å². The Labute approximate surface area is 115 Å². The normalized spacial score (nSPS) is 11.7. The van der Waals surface area contributed by atoms with Crippen LogP contribution >= 0.6 is 11.3 Å². The van der Waals surface area contributed by atoms with Gasteiger partial charge in [-0.25, -0.2) is 8.42 Å². The summed E-state index contributed by atoms with van der Waals surface area (Å²) in [6, 6.07) is 1.46. The van der Waals surface area contributed by atoms with E-state index >= 15 is 0 Å². The van der Waals surface area contributed by atoms with Crippen LogP contribution in [0.2, 0.25) is 0 Å². The fraction of sp³-hybridized carbons (Fsp3) is 0.400. The molecule has 2 aromatic rings. The van der Waals surface area contributed by atoms with E-state index in [2.05, 4.69) is 14.9 Å². The minimum atomic E-state index is -3.69. The van der Waals surface area contributed by atoms with Gasteiger partial charge in [0.2, 0.25) is 5.13 Å². The topological polar surface area (TPSA) is 97.1 Å². The lowest BCUT2D eigenvalue weighted by molar-refractivity contribution is 0.270. The van der Waals surface area contributed by atoms with E-state index in [9.17, 15) is 13.5 Å². The van der Waals surface area contributed by atoms with Crippen LogP contribution in [-0.2, 0) is 23.2 Å². The number of aliphatic hydroxyl groups is 1. The van der Waals surface area contributed by atoms with Gasteiger partial charge in [0.1, 0.15) is 10.4 Å². The van der Waals surface area contributed by atoms with Gasteiger partial charge in [0.05, 0.1) is 6.61 Å². The molecule has 0 radical (unpaired) electrons. The van der Waals surface area contributed by atoms with Crippen LogP contribution in [0, 0.1) is 0 Å². The Hall–Kier alpha value is -1.45. The molecule has 19 heavy (non-hydrogen) atoms.